The molecule has 20 heavy (non-hydrogen) atoms. The minimum absolute atomic E-state index is 0.319. The number of aryl methyl sites for hydroxylation is 1. The number of para-hydroxylation sites is 1. The quantitative estimate of drug-likeness (QED) is 0.929. The predicted octanol–water partition coefficient (Wildman–Crippen LogP) is 2.45. The van der Waals surface area contributed by atoms with Crippen molar-refractivity contribution in [3.05, 3.63) is 23.8 Å². The van der Waals surface area contributed by atoms with Gasteiger partial charge in [0.2, 0.25) is 5.95 Å². The normalized spacial score (nSPS) is 19.1. The van der Waals surface area contributed by atoms with Crippen molar-refractivity contribution in [1.29, 1.82) is 5.26 Å². The molecule has 104 valence electrons. The van der Waals surface area contributed by atoms with Crippen molar-refractivity contribution < 1.29 is 4.74 Å². The van der Waals surface area contributed by atoms with Gasteiger partial charge in [-0.2, -0.15) is 5.26 Å². The van der Waals surface area contributed by atoms with Gasteiger partial charge in [0.15, 0.2) is 0 Å². The lowest BCUT2D eigenvalue weighted by Gasteiger charge is -2.22. The van der Waals surface area contributed by atoms with Crippen molar-refractivity contribution >= 4 is 17.0 Å². The molecule has 1 aromatic carbocycles. The SMILES string of the molecule is N#Cc1cccc2c1nc(N)n2CCC1CCCCO1. The summed E-state index contributed by atoms with van der Waals surface area (Å²) in [6, 6.07) is 7.76. The molecule has 1 aliphatic heterocycles. The van der Waals surface area contributed by atoms with Crippen LogP contribution in [0.5, 0.6) is 0 Å². The number of fused-ring (bicyclic) bond motifs is 1. The van der Waals surface area contributed by atoms with E-state index in [2.05, 4.69) is 11.1 Å². The number of benzene rings is 1. The first-order valence-corrected chi connectivity index (χ1v) is 7.06. The molecule has 1 atom stereocenters. The highest BCUT2D eigenvalue weighted by molar-refractivity contribution is 5.83. The molecule has 0 spiro atoms. The van der Waals surface area contributed by atoms with Crippen molar-refractivity contribution in [3.8, 4) is 6.07 Å². The first-order chi connectivity index (χ1) is 9.79. The van der Waals surface area contributed by atoms with E-state index in [0.717, 1.165) is 37.9 Å². The smallest absolute Gasteiger partial charge is 0.201 e. The van der Waals surface area contributed by atoms with E-state index in [1.165, 1.54) is 6.42 Å². The third-order valence-electron chi connectivity index (χ3n) is 3.88. The van der Waals surface area contributed by atoms with Crippen molar-refractivity contribution in [1.82, 2.24) is 9.55 Å². The summed E-state index contributed by atoms with van der Waals surface area (Å²) in [4.78, 5) is 4.33. The summed E-state index contributed by atoms with van der Waals surface area (Å²) in [5.74, 6) is 0.471. The third kappa shape index (κ3) is 2.35. The molecule has 0 aliphatic carbocycles. The zero-order valence-electron chi connectivity index (χ0n) is 11.4. The summed E-state index contributed by atoms with van der Waals surface area (Å²) >= 11 is 0. The summed E-state index contributed by atoms with van der Waals surface area (Å²) in [5, 5.41) is 9.11. The molecule has 0 bridgehead atoms. The van der Waals surface area contributed by atoms with Crippen LogP contribution in [-0.4, -0.2) is 22.3 Å². The fourth-order valence-corrected chi connectivity index (χ4v) is 2.80. The molecule has 2 aromatic rings. The molecule has 0 radical (unpaired) electrons. The van der Waals surface area contributed by atoms with Crippen LogP contribution in [0.25, 0.3) is 11.0 Å². The monoisotopic (exact) mass is 270 g/mol. The number of nitrogens with two attached hydrogens (primary N) is 1. The van der Waals surface area contributed by atoms with Crippen LogP contribution in [0.4, 0.5) is 5.95 Å². The number of rotatable bonds is 3. The first kappa shape index (κ1) is 12.9. The Morgan fingerprint density at radius 1 is 1.45 bits per heavy atom. The van der Waals surface area contributed by atoms with Crippen LogP contribution in [0.1, 0.15) is 31.2 Å². The fourth-order valence-electron chi connectivity index (χ4n) is 2.80. The van der Waals surface area contributed by atoms with Crippen molar-refractivity contribution in [2.24, 2.45) is 0 Å². The molecular formula is C15H18N4O. The lowest BCUT2D eigenvalue weighted by atomic mass is 10.1. The third-order valence-corrected chi connectivity index (χ3v) is 3.88. The Morgan fingerprint density at radius 2 is 2.35 bits per heavy atom. The van der Waals surface area contributed by atoms with E-state index in [4.69, 9.17) is 15.7 Å². The largest absolute Gasteiger partial charge is 0.378 e. The standard InChI is InChI=1S/C15H18N4O/c16-10-11-4-3-6-13-14(11)18-15(17)19(13)8-7-12-5-1-2-9-20-12/h3-4,6,12H,1-2,5,7-9H2,(H2,17,18). The van der Waals surface area contributed by atoms with Crippen LogP contribution in [0.3, 0.4) is 0 Å². The molecule has 1 saturated heterocycles. The Balaban J connectivity index is 1.84. The molecule has 1 fully saturated rings. The van der Waals surface area contributed by atoms with Gasteiger partial charge in [0.25, 0.3) is 0 Å². The molecule has 5 heteroatoms. The highest BCUT2D eigenvalue weighted by Crippen LogP contribution is 2.23. The number of nitriles is 1. The van der Waals surface area contributed by atoms with Crippen LogP contribution in [0.15, 0.2) is 18.2 Å². The molecule has 1 aromatic heterocycles. The van der Waals surface area contributed by atoms with Crippen LogP contribution < -0.4 is 5.73 Å². The number of aromatic nitrogens is 2. The highest BCUT2D eigenvalue weighted by Gasteiger charge is 2.16. The van der Waals surface area contributed by atoms with E-state index in [-0.39, 0.29) is 0 Å². The number of nitrogen functional groups attached to an aromatic ring is 1. The molecule has 3 rings (SSSR count). The molecule has 5 nitrogen and oxygen atoms in total. The van der Waals surface area contributed by atoms with Crippen LogP contribution in [-0.2, 0) is 11.3 Å². The Labute approximate surface area is 118 Å². The van der Waals surface area contributed by atoms with E-state index < -0.39 is 0 Å². The molecule has 0 saturated carbocycles. The Bertz CT molecular complexity index is 650. The van der Waals surface area contributed by atoms with Gasteiger partial charge >= 0.3 is 0 Å². The average Bonchev–Trinajstić information content (AvgIpc) is 2.81. The minimum atomic E-state index is 0.319. The zero-order chi connectivity index (χ0) is 13.9. The maximum absolute atomic E-state index is 9.11. The molecule has 2 N–H and O–H groups in total. The van der Waals surface area contributed by atoms with Gasteiger partial charge in [0.05, 0.1) is 17.2 Å². The predicted molar refractivity (Wildman–Crippen MR) is 77.1 cm³/mol. The number of nitrogens with zero attached hydrogens (tertiary/aromatic N) is 3. The second kappa shape index (κ2) is 5.51. The maximum atomic E-state index is 9.11. The highest BCUT2D eigenvalue weighted by atomic mass is 16.5. The molecule has 1 unspecified atom stereocenters. The summed E-state index contributed by atoms with van der Waals surface area (Å²) in [7, 11) is 0. The molecule has 2 heterocycles. The van der Waals surface area contributed by atoms with Gasteiger partial charge in [0.1, 0.15) is 11.6 Å². The average molecular weight is 270 g/mol. The van der Waals surface area contributed by atoms with Gasteiger partial charge in [-0.1, -0.05) is 6.07 Å². The summed E-state index contributed by atoms with van der Waals surface area (Å²) in [6.07, 6.45) is 4.78. The van der Waals surface area contributed by atoms with Crippen molar-refractivity contribution in [3.63, 3.8) is 0 Å². The lowest BCUT2D eigenvalue weighted by Crippen LogP contribution is -2.21. The van der Waals surface area contributed by atoms with Crippen molar-refractivity contribution in [2.75, 3.05) is 12.3 Å². The zero-order valence-corrected chi connectivity index (χ0v) is 11.4. The van der Waals surface area contributed by atoms with Crippen LogP contribution in [0.2, 0.25) is 0 Å². The van der Waals surface area contributed by atoms with Gasteiger partial charge < -0.3 is 15.0 Å². The van der Waals surface area contributed by atoms with E-state index in [9.17, 15) is 0 Å². The van der Waals surface area contributed by atoms with Gasteiger partial charge in [-0.3, -0.25) is 0 Å². The van der Waals surface area contributed by atoms with Crippen molar-refractivity contribution in [2.45, 2.75) is 38.3 Å². The number of ether oxygens (including phenoxy) is 1. The lowest BCUT2D eigenvalue weighted by molar-refractivity contribution is 0.00906. The summed E-state index contributed by atoms with van der Waals surface area (Å²) < 4.78 is 7.73. The van der Waals surface area contributed by atoms with E-state index >= 15 is 0 Å². The van der Waals surface area contributed by atoms with Gasteiger partial charge in [-0.05, 0) is 37.8 Å². The second-order valence-corrected chi connectivity index (χ2v) is 5.18. The number of anilines is 1. The maximum Gasteiger partial charge on any atom is 0.201 e. The van der Waals surface area contributed by atoms with Crippen LogP contribution in [0, 0.1) is 11.3 Å². The van der Waals surface area contributed by atoms with Gasteiger partial charge in [-0.15, -0.1) is 0 Å². The van der Waals surface area contributed by atoms with E-state index in [1.807, 2.05) is 16.7 Å². The Kier molecular flexibility index (Phi) is 3.57. The second-order valence-electron chi connectivity index (χ2n) is 5.18. The fraction of sp³-hybridized carbons (Fsp3) is 0.467. The minimum Gasteiger partial charge on any atom is -0.378 e. The molecule has 0 amide bonds. The van der Waals surface area contributed by atoms with E-state index in [0.29, 0.717) is 23.1 Å². The van der Waals surface area contributed by atoms with E-state index in [1.54, 1.807) is 6.07 Å². The topological polar surface area (TPSA) is 76.9 Å². The summed E-state index contributed by atoms with van der Waals surface area (Å²) in [5.41, 5.74) is 8.19. The molecule has 1 aliphatic rings. The number of hydrogen-bond donors (Lipinski definition) is 1. The Morgan fingerprint density at radius 3 is 3.10 bits per heavy atom. The van der Waals surface area contributed by atoms with Crippen LogP contribution >= 0.6 is 0 Å². The summed E-state index contributed by atoms with van der Waals surface area (Å²) in [6.45, 7) is 1.64. The Hall–Kier alpha value is -2.06. The van der Waals surface area contributed by atoms with Gasteiger partial charge in [-0.25, -0.2) is 4.98 Å². The first-order valence-electron chi connectivity index (χ1n) is 7.06. The number of hydrogen-bond acceptors (Lipinski definition) is 4. The van der Waals surface area contributed by atoms with Gasteiger partial charge in [0, 0.05) is 13.2 Å². The molecular weight excluding hydrogens is 252 g/mol. The number of imidazole rings is 1.